The molecule has 0 fully saturated rings. The Balaban J connectivity index is 2.14. The fourth-order valence-corrected chi connectivity index (χ4v) is 2.80. The smallest absolute Gasteiger partial charge is 0.261 e. The van der Waals surface area contributed by atoms with E-state index in [9.17, 15) is 9.59 Å². The molecule has 0 unspecified atom stereocenters. The third-order valence-electron chi connectivity index (χ3n) is 3.99. The molecular weight excluding hydrogens is 387 g/mol. The summed E-state index contributed by atoms with van der Waals surface area (Å²) in [6.45, 7) is 4.01. The number of carbonyl (C=O) groups excluding carboxylic acids is 2. The zero-order valence-corrected chi connectivity index (χ0v) is 16.8. The zero-order valence-electron chi connectivity index (χ0n) is 15.2. The van der Waals surface area contributed by atoms with Gasteiger partial charge in [-0.25, -0.2) is 0 Å². The lowest BCUT2D eigenvalue weighted by Gasteiger charge is -2.29. The van der Waals surface area contributed by atoms with Gasteiger partial charge >= 0.3 is 0 Å². The van der Waals surface area contributed by atoms with E-state index >= 15 is 0 Å². The van der Waals surface area contributed by atoms with Gasteiger partial charge in [0.2, 0.25) is 5.91 Å². The first kappa shape index (κ1) is 21.1. The summed E-state index contributed by atoms with van der Waals surface area (Å²) in [4.78, 5) is 26.5. The van der Waals surface area contributed by atoms with Crippen LogP contribution in [-0.2, 0) is 16.1 Å². The standard InChI is InChI=1S/C20H22Cl2N2O3/c1-3-23-20(26)14(2)24(12-15-6-4-5-7-18(15)22)19(25)13-27-17-10-8-16(21)9-11-17/h4-11,14H,3,12-13H2,1-2H3,(H,23,26)/t14-/m1/s1. The first-order valence-corrected chi connectivity index (χ1v) is 9.37. The summed E-state index contributed by atoms with van der Waals surface area (Å²) >= 11 is 12.1. The number of rotatable bonds is 8. The predicted octanol–water partition coefficient (Wildman–Crippen LogP) is 3.93. The number of ether oxygens (including phenoxy) is 1. The minimum atomic E-state index is -0.664. The van der Waals surface area contributed by atoms with Gasteiger partial charge in [-0.05, 0) is 49.7 Å². The van der Waals surface area contributed by atoms with Crippen molar-refractivity contribution in [3.8, 4) is 5.75 Å². The summed E-state index contributed by atoms with van der Waals surface area (Å²) < 4.78 is 5.55. The van der Waals surface area contributed by atoms with Gasteiger partial charge in [0.05, 0.1) is 0 Å². The minimum absolute atomic E-state index is 0.199. The Hall–Kier alpha value is -2.24. The summed E-state index contributed by atoms with van der Waals surface area (Å²) in [6.07, 6.45) is 0. The van der Waals surface area contributed by atoms with Crippen LogP contribution in [0.25, 0.3) is 0 Å². The van der Waals surface area contributed by atoms with Crippen molar-refractivity contribution in [2.24, 2.45) is 0 Å². The highest BCUT2D eigenvalue weighted by atomic mass is 35.5. The van der Waals surface area contributed by atoms with Crippen molar-refractivity contribution in [3.63, 3.8) is 0 Å². The van der Waals surface area contributed by atoms with Gasteiger partial charge in [-0.2, -0.15) is 0 Å². The van der Waals surface area contributed by atoms with E-state index in [1.807, 2.05) is 25.1 Å². The molecule has 2 rings (SSSR count). The largest absolute Gasteiger partial charge is 0.484 e. The molecule has 0 saturated heterocycles. The van der Waals surface area contributed by atoms with E-state index in [2.05, 4.69) is 5.32 Å². The van der Waals surface area contributed by atoms with Crippen molar-refractivity contribution in [1.82, 2.24) is 10.2 Å². The molecule has 144 valence electrons. The molecule has 0 aromatic heterocycles. The number of likely N-dealkylation sites (N-methyl/N-ethyl adjacent to an activating group) is 1. The lowest BCUT2D eigenvalue weighted by molar-refractivity contribution is -0.142. The number of hydrogen-bond donors (Lipinski definition) is 1. The molecule has 0 aliphatic rings. The van der Waals surface area contributed by atoms with Crippen LogP contribution in [0.4, 0.5) is 0 Å². The molecule has 1 atom stereocenters. The van der Waals surface area contributed by atoms with E-state index in [0.717, 1.165) is 5.56 Å². The first-order chi connectivity index (χ1) is 12.9. The fourth-order valence-electron chi connectivity index (χ4n) is 2.47. The van der Waals surface area contributed by atoms with Crippen LogP contribution in [0, 0.1) is 0 Å². The Labute approximate surface area is 169 Å². The summed E-state index contributed by atoms with van der Waals surface area (Å²) in [5.74, 6) is -0.0240. The van der Waals surface area contributed by atoms with E-state index < -0.39 is 6.04 Å². The molecule has 2 aromatic rings. The second kappa shape index (κ2) is 10.2. The molecule has 27 heavy (non-hydrogen) atoms. The number of nitrogens with one attached hydrogen (secondary N) is 1. The molecule has 7 heteroatoms. The highest BCUT2D eigenvalue weighted by Crippen LogP contribution is 2.19. The number of benzene rings is 2. The summed E-state index contributed by atoms with van der Waals surface area (Å²) in [7, 11) is 0. The van der Waals surface area contributed by atoms with E-state index in [1.165, 1.54) is 4.90 Å². The summed E-state index contributed by atoms with van der Waals surface area (Å²) in [6, 6.07) is 13.3. The van der Waals surface area contributed by atoms with Gasteiger partial charge in [0.15, 0.2) is 6.61 Å². The topological polar surface area (TPSA) is 58.6 Å². The highest BCUT2D eigenvalue weighted by molar-refractivity contribution is 6.31. The van der Waals surface area contributed by atoms with Crippen LogP contribution in [-0.4, -0.2) is 35.9 Å². The lowest BCUT2D eigenvalue weighted by atomic mass is 10.1. The van der Waals surface area contributed by atoms with Crippen LogP contribution in [0.1, 0.15) is 19.4 Å². The average molecular weight is 409 g/mol. The average Bonchev–Trinajstić information content (AvgIpc) is 2.66. The van der Waals surface area contributed by atoms with E-state index in [0.29, 0.717) is 22.3 Å². The van der Waals surface area contributed by atoms with Crippen LogP contribution in [0.3, 0.4) is 0 Å². The quantitative estimate of drug-likeness (QED) is 0.719. The second-order valence-electron chi connectivity index (χ2n) is 5.93. The predicted molar refractivity (Wildman–Crippen MR) is 107 cm³/mol. The number of halogens is 2. The van der Waals surface area contributed by atoms with Gasteiger partial charge in [0.1, 0.15) is 11.8 Å². The Morgan fingerprint density at radius 3 is 2.41 bits per heavy atom. The van der Waals surface area contributed by atoms with Crippen molar-refractivity contribution in [2.45, 2.75) is 26.4 Å². The maximum atomic E-state index is 12.8. The molecule has 2 amide bonds. The van der Waals surface area contributed by atoms with Crippen molar-refractivity contribution in [2.75, 3.05) is 13.2 Å². The minimum Gasteiger partial charge on any atom is -0.484 e. The molecule has 0 radical (unpaired) electrons. The van der Waals surface area contributed by atoms with Gasteiger partial charge in [0, 0.05) is 23.1 Å². The Bertz CT molecular complexity index is 781. The Morgan fingerprint density at radius 1 is 1.11 bits per heavy atom. The SMILES string of the molecule is CCNC(=O)[C@@H](C)N(Cc1ccccc1Cl)C(=O)COc1ccc(Cl)cc1. The van der Waals surface area contributed by atoms with Gasteiger partial charge in [-0.1, -0.05) is 41.4 Å². The number of amides is 2. The Morgan fingerprint density at radius 2 is 1.78 bits per heavy atom. The monoisotopic (exact) mass is 408 g/mol. The third-order valence-corrected chi connectivity index (χ3v) is 4.61. The van der Waals surface area contributed by atoms with Gasteiger partial charge < -0.3 is 15.0 Å². The summed E-state index contributed by atoms with van der Waals surface area (Å²) in [5, 5.41) is 3.86. The molecular formula is C20H22Cl2N2O3. The molecule has 0 spiro atoms. The molecule has 0 aliphatic heterocycles. The van der Waals surface area contributed by atoms with Crippen molar-refractivity contribution in [1.29, 1.82) is 0 Å². The van der Waals surface area contributed by atoms with Crippen molar-refractivity contribution in [3.05, 3.63) is 64.1 Å². The highest BCUT2D eigenvalue weighted by Gasteiger charge is 2.26. The van der Waals surface area contributed by atoms with Gasteiger partial charge in [-0.3, -0.25) is 9.59 Å². The zero-order chi connectivity index (χ0) is 19.8. The van der Waals surface area contributed by atoms with Crippen LogP contribution < -0.4 is 10.1 Å². The molecule has 2 aromatic carbocycles. The van der Waals surface area contributed by atoms with Gasteiger partial charge in [-0.15, -0.1) is 0 Å². The molecule has 5 nitrogen and oxygen atoms in total. The molecule has 0 bridgehead atoms. The van der Waals surface area contributed by atoms with Crippen molar-refractivity contribution >= 4 is 35.0 Å². The maximum Gasteiger partial charge on any atom is 0.261 e. The van der Waals surface area contributed by atoms with Crippen LogP contribution in [0.15, 0.2) is 48.5 Å². The van der Waals surface area contributed by atoms with Crippen LogP contribution in [0.5, 0.6) is 5.75 Å². The lowest BCUT2D eigenvalue weighted by Crippen LogP contribution is -2.49. The number of nitrogens with zero attached hydrogens (tertiary/aromatic N) is 1. The van der Waals surface area contributed by atoms with Gasteiger partial charge in [0.25, 0.3) is 5.91 Å². The first-order valence-electron chi connectivity index (χ1n) is 8.61. The number of carbonyl (C=O) groups is 2. The molecule has 0 heterocycles. The molecule has 1 N–H and O–H groups in total. The second-order valence-corrected chi connectivity index (χ2v) is 6.77. The van der Waals surface area contributed by atoms with Crippen LogP contribution >= 0.6 is 23.2 Å². The normalized spacial score (nSPS) is 11.6. The summed E-state index contributed by atoms with van der Waals surface area (Å²) in [5.41, 5.74) is 0.759. The van der Waals surface area contributed by atoms with E-state index in [1.54, 1.807) is 37.3 Å². The van der Waals surface area contributed by atoms with Crippen LogP contribution in [0.2, 0.25) is 10.0 Å². The number of hydrogen-bond acceptors (Lipinski definition) is 3. The molecule has 0 saturated carbocycles. The maximum absolute atomic E-state index is 12.8. The van der Waals surface area contributed by atoms with E-state index in [-0.39, 0.29) is 25.0 Å². The fraction of sp³-hybridized carbons (Fsp3) is 0.300. The third kappa shape index (κ3) is 6.15. The van der Waals surface area contributed by atoms with Crippen molar-refractivity contribution < 1.29 is 14.3 Å². The van der Waals surface area contributed by atoms with E-state index in [4.69, 9.17) is 27.9 Å². The molecule has 0 aliphatic carbocycles. The Kier molecular flexibility index (Phi) is 7.95.